The van der Waals surface area contributed by atoms with Crippen LogP contribution in [0.2, 0.25) is 0 Å². The monoisotopic (exact) mass is 408 g/mol. The molecule has 1 aromatic carbocycles. The number of rotatable bonds is 5. The molecule has 7 heteroatoms. The number of fused-ring (bicyclic) bond motifs is 1. The van der Waals surface area contributed by atoms with Crippen LogP contribution in [0.3, 0.4) is 0 Å². The lowest BCUT2D eigenvalue weighted by molar-refractivity contribution is 0.0348. The number of hydrogen-bond donors (Lipinski definition) is 1. The third kappa shape index (κ3) is 4.61. The van der Waals surface area contributed by atoms with Gasteiger partial charge in [-0.3, -0.25) is 4.79 Å². The number of aliphatic hydroxyl groups is 1. The molecule has 3 atom stereocenters. The van der Waals surface area contributed by atoms with Gasteiger partial charge in [0.25, 0.3) is 5.91 Å². The van der Waals surface area contributed by atoms with E-state index in [4.69, 9.17) is 4.74 Å². The van der Waals surface area contributed by atoms with Crippen LogP contribution in [0.25, 0.3) is 11.1 Å². The molecule has 0 fully saturated rings. The normalized spacial score (nSPS) is 20.0. The molecule has 30 heavy (non-hydrogen) atoms. The molecular formula is C23H28N4O3. The van der Waals surface area contributed by atoms with E-state index in [9.17, 15) is 15.2 Å². The molecule has 0 bridgehead atoms. The van der Waals surface area contributed by atoms with Gasteiger partial charge in [-0.1, -0.05) is 19.1 Å². The minimum Gasteiger partial charge on any atom is -0.472 e. The van der Waals surface area contributed by atoms with E-state index in [1.165, 1.54) is 0 Å². The van der Waals surface area contributed by atoms with Gasteiger partial charge < -0.3 is 19.6 Å². The maximum atomic E-state index is 13.4. The average Bonchev–Trinajstić information content (AvgIpc) is 2.75. The number of nitrogens with zero attached hydrogens (tertiary/aromatic N) is 4. The molecule has 0 aliphatic carbocycles. The Morgan fingerprint density at radius 1 is 1.37 bits per heavy atom. The number of nitriles is 1. The summed E-state index contributed by atoms with van der Waals surface area (Å²) in [5.41, 5.74) is 2.44. The van der Waals surface area contributed by atoms with Gasteiger partial charge in [-0.15, -0.1) is 0 Å². The second kappa shape index (κ2) is 9.24. The van der Waals surface area contributed by atoms with Crippen LogP contribution in [0.1, 0.15) is 29.8 Å². The van der Waals surface area contributed by atoms with Crippen molar-refractivity contribution in [3.63, 3.8) is 0 Å². The first-order chi connectivity index (χ1) is 14.3. The molecule has 0 saturated carbocycles. The highest BCUT2D eigenvalue weighted by molar-refractivity contribution is 5.98. The maximum Gasteiger partial charge on any atom is 0.259 e. The number of aromatic nitrogens is 1. The standard InChI is InChI=1S/C23H28N4O3/c1-15-12-27(16(2)14-28)23(29)20-9-19(18-7-5-6-17(8-18)10-24)11-25-22(20)30-21(15)13-26(3)4/h5-9,11,15-16,21,28H,12-14H2,1-4H3/t15-,16-,21-/m1/s1. The van der Waals surface area contributed by atoms with Crippen molar-refractivity contribution in [2.45, 2.75) is 26.0 Å². The fourth-order valence-electron chi connectivity index (χ4n) is 3.61. The second-order valence-corrected chi connectivity index (χ2v) is 8.15. The highest BCUT2D eigenvalue weighted by Gasteiger charge is 2.34. The smallest absolute Gasteiger partial charge is 0.259 e. The fraction of sp³-hybridized carbons (Fsp3) is 0.435. The molecule has 0 saturated heterocycles. The van der Waals surface area contributed by atoms with Crippen molar-refractivity contribution in [2.24, 2.45) is 5.92 Å². The Labute approximate surface area is 177 Å². The first-order valence-corrected chi connectivity index (χ1v) is 10.1. The summed E-state index contributed by atoms with van der Waals surface area (Å²) in [6.45, 7) is 4.92. The average molecular weight is 409 g/mol. The molecule has 0 spiro atoms. The van der Waals surface area contributed by atoms with E-state index in [1.807, 2.05) is 38.9 Å². The lowest BCUT2D eigenvalue weighted by atomic mass is 9.99. The predicted octanol–water partition coefficient (Wildman–Crippen LogP) is 2.40. The molecular weight excluding hydrogens is 380 g/mol. The minimum atomic E-state index is -0.323. The van der Waals surface area contributed by atoms with Crippen LogP contribution in [0.5, 0.6) is 5.88 Å². The predicted molar refractivity (Wildman–Crippen MR) is 114 cm³/mol. The van der Waals surface area contributed by atoms with Crippen LogP contribution in [-0.2, 0) is 0 Å². The molecule has 2 heterocycles. The fourth-order valence-corrected chi connectivity index (χ4v) is 3.61. The molecule has 1 aliphatic heterocycles. The molecule has 7 nitrogen and oxygen atoms in total. The van der Waals surface area contributed by atoms with Crippen molar-refractivity contribution in [3.05, 3.63) is 47.7 Å². The number of carbonyl (C=O) groups excluding carboxylic acids is 1. The largest absolute Gasteiger partial charge is 0.472 e. The lowest BCUT2D eigenvalue weighted by Gasteiger charge is -2.37. The highest BCUT2D eigenvalue weighted by atomic mass is 16.5. The zero-order valence-corrected chi connectivity index (χ0v) is 17.9. The number of aliphatic hydroxyl groups excluding tert-OH is 1. The Hall–Kier alpha value is -2.95. The van der Waals surface area contributed by atoms with Crippen molar-refractivity contribution in [1.82, 2.24) is 14.8 Å². The Kier molecular flexibility index (Phi) is 6.70. The second-order valence-electron chi connectivity index (χ2n) is 8.15. The first-order valence-electron chi connectivity index (χ1n) is 10.1. The van der Waals surface area contributed by atoms with Crippen molar-refractivity contribution in [1.29, 1.82) is 5.26 Å². The minimum absolute atomic E-state index is 0.0623. The summed E-state index contributed by atoms with van der Waals surface area (Å²) in [4.78, 5) is 21.6. The molecule has 2 aromatic rings. The number of likely N-dealkylation sites (N-methyl/N-ethyl adjacent to an activating group) is 1. The van der Waals surface area contributed by atoms with Crippen molar-refractivity contribution >= 4 is 5.91 Å². The Balaban J connectivity index is 2.08. The molecule has 1 aromatic heterocycles. The van der Waals surface area contributed by atoms with Gasteiger partial charge in [-0.05, 0) is 44.8 Å². The number of hydrogen-bond acceptors (Lipinski definition) is 6. The number of ether oxygens (including phenoxy) is 1. The van der Waals surface area contributed by atoms with Gasteiger partial charge in [0.2, 0.25) is 5.88 Å². The van der Waals surface area contributed by atoms with Gasteiger partial charge in [0.1, 0.15) is 11.7 Å². The summed E-state index contributed by atoms with van der Waals surface area (Å²) in [6, 6.07) is 10.8. The van der Waals surface area contributed by atoms with Crippen LogP contribution in [-0.4, -0.2) is 71.7 Å². The summed E-state index contributed by atoms with van der Waals surface area (Å²) in [5.74, 6) is 0.147. The van der Waals surface area contributed by atoms with Crippen LogP contribution >= 0.6 is 0 Å². The van der Waals surface area contributed by atoms with Gasteiger partial charge in [-0.25, -0.2) is 4.98 Å². The number of carbonyl (C=O) groups is 1. The van der Waals surface area contributed by atoms with Gasteiger partial charge in [0.15, 0.2) is 0 Å². The Bertz CT molecular complexity index is 954. The van der Waals surface area contributed by atoms with Gasteiger partial charge in [-0.2, -0.15) is 5.26 Å². The molecule has 3 rings (SSSR count). The molecule has 158 valence electrons. The molecule has 0 unspecified atom stereocenters. The van der Waals surface area contributed by atoms with Crippen LogP contribution in [0, 0.1) is 17.2 Å². The first kappa shape index (κ1) is 21.8. The SMILES string of the molecule is C[C@@H]1CN([C@H](C)CO)C(=O)c2cc(-c3cccc(C#N)c3)cnc2O[C@@H]1CN(C)C. The van der Waals surface area contributed by atoms with Crippen LogP contribution in [0.4, 0.5) is 0 Å². The van der Waals surface area contributed by atoms with Crippen molar-refractivity contribution in [3.8, 4) is 23.1 Å². The maximum absolute atomic E-state index is 13.4. The van der Waals surface area contributed by atoms with E-state index in [2.05, 4.69) is 11.1 Å². The van der Waals surface area contributed by atoms with Gasteiger partial charge >= 0.3 is 0 Å². The Morgan fingerprint density at radius 3 is 2.80 bits per heavy atom. The van der Waals surface area contributed by atoms with E-state index in [1.54, 1.807) is 35.4 Å². The van der Waals surface area contributed by atoms with E-state index >= 15 is 0 Å². The zero-order valence-electron chi connectivity index (χ0n) is 17.9. The number of benzene rings is 1. The van der Waals surface area contributed by atoms with Crippen LogP contribution < -0.4 is 4.74 Å². The number of amides is 1. The summed E-state index contributed by atoms with van der Waals surface area (Å²) < 4.78 is 6.21. The van der Waals surface area contributed by atoms with Crippen LogP contribution in [0.15, 0.2) is 36.5 Å². The molecule has 1 aliphatic rings. The summed E-state index contributed by atoms with van der Waals surface area (Å²) in [7, 11) is 3.96. The van der Waals surface area contributed by atoms with Crippen molar-refractivity contribution < 1.29 is 14.6 Å². The van der Waals surface area contributed by atoms with E-state index in [0.29, 0.717) is 30.1 Å². The number of pyridine rings is 1. The molecule has 1 amide bonds. The van der Waals surface area contributed by atoms with E-state index < -0.39 is 0 Å². The molecule has 1 N–H and O–H groups in total. The van der Waals surface area contributed by atoms with E-state index in [0.717, 1.165) is 11.1 Å². The van der Waals surface area contributed by atoms with E-state index in [-0.39, 0.29) is 30.6 Å². The topological polar surface area (TPSA) is 89.7 Å². The lowest BCUT2D eigenvalue weighted by Crippen LogP contribution is -2.49. The summed E-state index contributed by atoms with van der Waals surface area (Å²) in [5, 5.41) is 18.9. The summed E-state index contributed by atoms with van der Waals surface area (Å²) in [6.07, 6.45) is 1.52. The van der Waals surface area contributed by atoms with Gasteiger partial charge in [0.05, 0.1) is 24.3 Å². The summed E-state index contributed by atoms with van der Waals surface area (Å²) >= 11 is 0. The molecule has 0 radical (unpaired) electrons. The van der Waals surface area contributed by atoms with Crippen molar-refractivity contribution in [2.75, 3.05) is 33.8 Å². The zero-order chi connectivity index (χ0) is 21.8. The highest BCUT2D eigenvalue weighted by Crippen LogP contribution is 2.30. The Morgan fingerprint density at radius 2 is 2.13 bits per heavy atom. The third-order valence-electron chi connectivity index (χ3n) is 5.39. The quantitative estimate of drug-likeness (QED) is 0.817. The van der Waals surface area contributed by atoms with Gasteiger partial charge in [0, 0.05) is 30.8 Å². The third-order valence-corrected chi connectivity index (χ3v) is 5.39.